The summed E-state index contributed by atoms with van der Waals surface area (Å²) in [6.07, 6.45) is 3.21. The predicted octanol–water partition coefficient (Wildman–Crippen LogP) is 4.21. The van der Waals surface area contributed by atoms with Gasteiger partial charge in [0.1, 0.15) is 0 Å². The Kier molecular flexibility index (Phi) is 8.07. The van der Waals surface area contributed by atoms with E-state index in [4.69, 9.17) is 4.74 Å². The largest absolute Gasteiger partial charge is 0.462 e. The van der Waals surface area contributed by atoms with Gasteiger partial charge in [0.25, 0.3) is 0 Å². The highest BCUT2D eigenvalue weighted by atomic mass is 32.2. The summed E-state index contributed by atoms with van der Waals surface area (Å²) in [5.41, 5.74) is 1.85. The smallest absolute Gasteiger partial charge is 0.333 e. The van der Waals surface area contributed by atoms with Crippen molar-refractivity contribution in [3.63, 3.8) is 0 Å². The van der Waals surface area contributed by atoms with Gasteiger partial charge in [-0.1, -0.05) is 36.9 Å². The van der Waals surface area contributed by atoms with Crippen LogP contribution in [0.15, 0.2) is 42.5 Å². The highest BCUT2D eigenvalue weighted by molar-refractivity contribution is 7.98. The summed E-state index contributed by atoms with van der Waals surface area (Å²) >= 11 is 1.95. The predicted molar refractivity (Wildman–Crippen MR) is 82.2 cm³/mol. The molecule has 0 spiro atoms. The first-order valence-corrected chi connectivity index (χ1v) is 7.80. The lowest BCUT2D eigenvalue weighted by atomic mass is 10.2. The number of benzene rings is 1. The molecule has 0 aliphatic rings. The van der Waals surface area contributed by atoms with E-state index in [1.54, 1.807) is 6.92 Å². The zero-order valence-electron chi connectivity index (χ0n) is 11.6. The van der Waals surface area contributed by atoms with Crippen LogP contribution in [-0.2, 0) is 15.3 Å². The second kappa shape index (κ2) is 9.68. The van der Waals surface area contributed by atoms with Crippen LogP contribution in [0.25, 0.3) is 0 Å². The van der Waals surface area contributed by atoms with E-state index in [2.05, 4.69) is 30.8 Å². The first kappa shape index (κ1) is 15.8. The second-order valence-electron chi connectivity index (χ2n) is 4.52. The monoisotopic (exact) mass is 278 g/mol. The zero-order valence-corrected chi connectivity index (χ0v) is 12.4. The van der Waals surface area contributed by atoms with Crippen LogP contribution in [0, 0.1) is 0 Å². The molecule has 0 saturated carbocycles. The highest BCUT2D eigenvalue weighted by Crippen LogP contribution is 2.13. The van der Waals surface area contributed by atoms with E-state index < -0.39 is 0 Å². The Morgan fingerprint density at radius 1 is 1.21 bits per heavy atom. The Hall–Kier alpha value is -1.22. The van der Waals surface area contributed by atoms with E-state index in [0.29, 0.717) is 12.2 Å². The molecule has 0 saturated heterocycles. The SMILES string of the molecule is C=C(C)C(=O)OCCCCCSCc1ccccc1. The molecule has 0 aliphatic heterocycles. The summed E-state index contributed by atoms with van der Waals surface area (Å²) in [5, 5.41) is 0. The number of hydrogen-bond donors (Lipinski definition) is 0. The summed E-state index contributed by atoms with van der Waals surface area (Å²) in [6, 6.07) is 10.5. The van der Waals surface area contributed by atoms with Crippen molar-refractivity contribution in [2.45, 2.75) is 31.9 Å². The summed E-state index contributed by atoms with van der Waals surface area (Å²) in [7, 11) is 0. The van der Waals surface area contributed by atoms with Gasteiger partial charge in [-0.25, -0.2) is 4.79 Å². The summed E-state index contributed by atoms with van der Waals surface area (Å²) in [5.74, 6) is 1.95. The fourth-order valence-electron chi connectivity index (χ4n) is 1.54. The van der Waals surface area contributed by atoms with E-state index in [0.717, 1.165) is 24.3 Å². The highest BCUT2D eigenvalue weighted by Gasteiger charge is 2.01. The van der Waals surface area contributed by atoms with Gasteiger partial charge in [0.2, 0.25) is 0 Å². The third-order valence-corrected chi connectivity index (χ3v) is 3.74. The molecule has 0 heterocycles. The minimum atomic E-state index is -0.279. The van der Waals surface area contributed by atoms with Gasteiger partial charge >= 0.3 is 5.97 Å². The first-order valence-electron chi connectivity index (χ1n) is 6.64. The minimum Gasteiger partial charge on any atom is -0.462 e. The molecule has 0 amide bonds. The molecular weight excluding hydrogens is 256 g/mol. The molecule has 0 radical (unpaired) electrons. The summed E-state index contributed by atoms with van der Waals surface area (Å²) in [4.78, 5) is 11.1. The van der Waals surface area contributed by atoms with Crippen LogP contribution in [0.3, 0.4) is 0 Å². The Morgan fingerprint density at radius 2 is 1.95 bits per heavy atom. The molecular formula is C16H22O2S. The van der Waals surface area contributed by atoms with Crippen molar-refractivity contribution in [1.29, 1.82) is 0 Å². The molecule has 1 rings (SSSR count). The molecule has 0 unspecified atom stereocenters. The molecule has 1 aromatic rings. The Labute approximate surface area is 120 Å². The Balaban J connectivity index is 1.92. The Morgan fingerprint density at radius 3 is 2.63 bits per heavy atom. The first-order chi connectivity index (χ1) is 9.20. The third-order valence-electron chi connectivity index (χ3n) is 2.63. The normalized spacial score (nSPS) is 10.2. The molecule has 0 atom stereocenters. The lowest BCUT2D eigenvalue weighted by Crippen LogP contribution is -2.06. The molecule has 0 bridgehead atoms. The van der Waals surface area contributed by atoms with Gasteiger partial charge in [0.15, 0.2) is 0 Å². The topological polar surface area (TPSA) is 26.3 Å². The fourth-order valence-corrected chi connectivity index (χ4v) is 2.52. The third kappa shape index (κ3) is 7.73. The van der Waals surface area contributed by atoms with E-state index in [9.17, 15) is 4.79 Å². The average Bonchev–Trinajstić information content (AvgIpc) is 2.42. The molecule has 0 N–H and O–H groups in total. The number of ether oxygens (including phenoxy) is 1. The van der Waals surface area contributed by atoms with E-state index >= 15 is 0 Å². The van der Waals surface area contributed by atoms with Gasteiger partial charge in [-0.3, -0.25) is 0 Å². The van der Waals surface area contributed by atoms with Gasteiger partial charge in [0.05, 0.1) is 6.61 Å². The number of carbonyl (C=O) groups excluding carboxylic acids is 1. The molecule has 3 heteroatoms. The number of rotatable bonds is 9. The van der Waals surface area contributed by atoms with Gasteiger partial charge in [-0.05, 0) is 37.5 Å². The number of thioether (sulfide) groups is 1. The van der Waals surface area contributed by atoms with Gasteiger partial charge in [-0.2, -0.15) is 11.8 Å². The zero-order chi connectivity index (χ0) is 13.9. The van der Waals surface area contributed by atoms with Crippen LogP contribution in [0.5, 0.6) is 0 Å². The molecule has 2 nitrogen and oxygen atoms in total. The molecule has 1 aromatic carbocycles. The van der Waals surface area contributed by atoms with Gasteiger partial charge in [-0.15, -0.1) is 0 Å². The maximum Gasteiger partial charge on any atom is 0.333 e. The second-order valence-corrected chi connectivity index (χ2v) is 5.62. The van der Waals surface area contributed by atoms with Crippen molar-refractivity contribution in [3.8, 4) is 0 Å². The number of esters is 1. The van der Waals surface area contributed by atoms with Gasteiger partial charge in [0, 0.05) is 11.3 Å². The summed E-state index contributed by atoms with van der Waals surface area (Å²) < 4.78 is 5.03. The minimum absolute atomic E-state index is 0.279. The average molecular weight is 278 g/mol. The lowest BCUT2D eigenvalue weighted by molar-refractivity contribution is -0.139. The van der Waals surface area contributed by atoms with Crippen LogP contribution < -0.4 is 0 Å². The standard InChI is InChI=1S/C16H22O2S/c1-14(2)16(17)18-11-7-4-8-12-19-13-15-9-5-3-6-10-15/h3,5-6,9-10H,1,4,7-8,11-13H2,2H3. The van der Waals surface area contributed by atoms with Gasteiger partial charge < -0.3 is 4.74 Å². The lowest BCUT2D eigenvalue weighted by Gasteiger charge is -2.04. The van der Waals surface area contributed by atoms with Crippen molar-refractivity contribution in [3.05, 3.63) is 48.0 Å². The maximum atomic E-state index is 11.1. The van der Waals surface area contributed by atoms with Crippen molar-refractivity contribution >= 4 is 17.7 Å². The molecule has 19 heavy (non-hydrogen) atoms. The van der Waals surface area contributed by atoms with E-state index in [-0.39, 0.29) is 5.97 Å². The van der Waals surface area contributed by atoms with Crippen molar-refractivity contribution < 1.29 is 9.53 Å². The van der Waals surface area contributed by atoms with Crippen LogP contribution in [0.2, 0.25) is 0 Å². The number of hydrogen-bond acceptors (Lipinski definition) is 3. The van der Waals surface area contributed by atoms with Crippen LogP contribution in [-0.4, -0.2) is 18.3 Å². The van der Waals surface area contributed by atoms with Crippen molar-refractivity contribution in [2.75, 3.05) is 12.4 Å². The number of carbonyl (C=O) groups is 1. The fraction of sp³-hybridized carbons (Fsp3) is 0.438. The van der Waals surface area contributed by atoms with Crippen molar-refractivity contribution in [1.82, 2.24) is 0 Å². The maximum absolute atomic E-state index is 11.1. The molecule has 0 aromatic heterocycles. The van der Waals surface area contributed by atoms with Crippen LogP contribution in [0.4, 0.5) is 0 Å². The Bertz CT molecular complexity index is 387. The number of unbranched alkanes of at least 4 members (excludes halogenated alkanes) is 2. The quantitative estimate of drug-likeness (QED) is 0.384. The van der Waals surface area contributed by atoms with E-state index in [1.165, 1.54) is 12.0 Å². The van der Waals surface area contributed by atoms with Crippen LogP contribution in [0.1, 0.15) is 31.7 Å². The molecule has 0 aliphatic carbocycles. The molecule has 0 fully saturated rings. The van der Waals surface area contributed by atoms with Crippen molar-refractivity contribution in [2.24, 2.45) is 0 Å². The molecule has 104 valence electrons. The van der Waals surface area contributed by atoms with E-state index in [1.807, 2.05) is 17.8 Å². The van der Waals surface area contributed by atoms with Crippen LogP contribution >= 0.6 is 11.8 Å². The summed E-state index contributed by atoms with van der Waals surface area (Å²) in [6.45, 7) is 5.72.